The van der Waals surface area contributed by atoms with Crippen molar-refractivity contribution in [3.05, 3.63) is 29.3 Å². The topological polar surface area (TPSA) is 104 Å². The predicted octanol–water partition coefficient (Wildman–Crippen LogP) is 0.738. The van der Waals surface area contributed by atoms with E-state index in [1.807, 2.05) is 0 Å². The van der Waals surface area contributed by atoms with Crippen molar-refractivity contribution in [2.45, 2.75) is 24.0 Å². The number of alkyl halides is 3. The third kappa shape index (κ3) is 3.93. The zero-order valence-corrected chi connectivity index (χ0v) is 11.5. The Morgan fingerprint density at radius 1 is 1.38 bits per heavy atom. The monoisotopic (exact) mass is 327 g/mol. The highest BCUT2D eigenvalue weighted by atomic mass is 32.2. The second kappa shape index (κ2) is 6.00. The van der Waals surface area contributed by atoms with Gasteiger partial charge in [0, 0.05) is 0 Å². The average Bonchev–Trinajstić information content (AvgIpc) is 2.34. The van der Waals surface area contributed by atoms with Gasteiger partial charge in [-0.2, -0.15) is 17.9 Å². The number of hydrogen-bond acceptors (Lipinski definition) is 4. The van der Waals surface area contributed by atoms with Gasteiger partial charge in [-0.05, 0) is 24.6 Å². The number of carboxylic acid groups (broad SMARTS) is 1. The van der Waals surface area contributed by atoms with E-state index in [1.54, 1.807) is 4.72 Å². The summed E-state index contributed by atoms with van der Waals surface area (Å²) in [6, 6.07) is 0.695. The second-order valence-corrected chi connectivity index (χ2v) is 5.80. The fourth-order valence-electron chi connectivity index (χ4n) is 1.63. The molecule has 0 aliphatic heterocycles. The predicted molar refractivity (Wildman–Crippen MR) is 65.0 cm³/mol. The molecule has 1 atom stereocenters. The molecule has 1 aromatic carbocycles. The van der Waals surface area contributed by atoms with Gasteiger partial charge in [0.1, 0.15) is 6.04 Å². The zero-order valence-electron chi connectivity index (χ0n) is 10.7. The first-order valence-corrected chi connectivity index (χ1v) is 7.02. The van der Waals surface area contributed by atoms with Crippen molar-refractivity contribution < 1.29 is 36.6 Å². The Kier molecular flexibility index (Phi) is 4.97. The molecule has 0 saturated carbocycles. The molecule has 1 rings (SSSR count). The Morgan fingerprint density at radius 2 is 1.95 bits per heavy atom. The maximum absolute atomic E-state index is 12.7. The minimum absolute atomic E-state index is 0.556. The number of carboxylic acids is 1. The Labute approximate surface area is 118 Å². The van der Waals surface area contributed by atoms with E-state index in [0.29, 0.717) is 0 Å². The van der Waals surface area contributed by atoms with Gasteiger partial charge in [0.15, 0.2) is 0 Å². The van der Waals surface area contributed by atoms with Crippen LogP contribution < -0.4 is 4.72 Å². The summed E-state index contributed by atoms with van der Waals surface area (Å²) >= 11 is 0. The van der Waals surface area contributed by atoms with Crippen molar-refractivity contribution in [1.82, 2.24) is 4.72 Å². The molecule has 0 saturated heterocycles. The molecule has 0 aliphatic rings. The van der Waals surface area contributed by atoms with Gasteiger partial charge in [0.05, 0.1) is 17.1 Å². The van der Waals surface area contributed by atoms with Crippen molar-refractivity contribution in [3.63, 3.8) is 0 Å². The summed E-state index contributed by atoms with van der Waals surface area (Å²) in [4.78, 5) is 9.99. The van der Waals surface area contributed by atoms with E-state index < -0.39 is 50.8 Å². The van der Waals surface area contributed by atoms with Crippen molar-refractivity contribution >= 4 is 16.0 Å². The molecule has 1 aromatic rings. The van der Waals surface area contributed by atoms with E-state index in [-0.39, 0.29) is 0 Å². The van der Waals surface area contributed by atoms with E-state index in [1.165, 1.54) is 0 Å². The van der Waals surface area contributed by atoms with Crippen molar-refractivity contribution in [2.24, 2.45) is 0 Å². The summed E-state index contributed by atoms with van der Waals surface area (Å²) in [5, 5.41) is 17.4. The highest BCUT2D eigenvalue weighted by Gasteiger charge is 2.35. The molecule has 10 heteroatoms. The highest BCUT2D eigenvalue weighted by molar-refractivity contribution is 7.89. The van der Waals surface area contributed by atoms with Crippen LogP contribution in [0.2, 0.25) is 0 Å². The lowest BCUT2D eigenvalue weighted by Gasteiger charge is -2.16. The van der Waals surface area contributed by atoms with Gasteiger partial charge < -0.3 is 10.2 Å². The molecular formula is C11H12F3NO5S. The fourth-order valence-corrected chi connectivity index (χ4v) is 3.08. The van der Waals surface area contributed by atoms with E-state index >= 15 is 0 Å². The normalized spacial score (nSPS) is 14.0. The molecule has 0 aliphatic carbocycles. The number of nitrogens with one attached hydrogen (secondary N) is 1. The molecule has 6 nitrogen and oxygen atoms in total. The largest absolute Gasteiger partial charge is 0.480 e. The Morgan fingerprint density at radius 3 is 2.38 bits per heavy atom. The van der Waals surface area contributed by atoms with E-state index in [4.69, 9.17) is 10.2 Å². The van der Waals surface area contributed by atoms with E-state index in [9.17, 15) is 26.4 Å². The van der Waals surface area contributed by atoms with Crippen LogP contribution in [0.5, 0.6) is 0 Å². The van der Waals surface area contributed by atoms with Crippen LogP contribution in [-0.4, -0.2) is 37.2 Å². The van der Waals surface area contributed by atoms with Crippen LogP contribution in [0.4, 0.5) is 13.2 Å². The molecule has 0 aromatic heterocycles. The summed E-state index contributed by atoms with van der Waals surface area (Å²) < 4.78 is 63.7. The summed E-state index contributed by atoms with van der Waals surface area (Å²) in [5.41, 5.74) is -1.69. The molecule has 0 amide bonds. The number of rotatable bonds is 5. The number of aliphatic hydroxyl groups excluding tert-OH is 1. The Hall–Kier alpha value is -1.65. The van der Waals surface area contributed by atoms with Gasteiger partial charge in [-0.15, -0.1) is 0 Å². The molecule has 0 spiro atoms. The summed E-state index contributed by atoms with van der Waals surface area (Å²) in [5.74, 6) is -1.65. The third-order valence-corrected chi connectivity index (χ3v) is 4.27. The molecule has 118 valence electrons. The van der Waals surface area contributed by atoms with E-state index in [0.717, 1.165) is 25.1 Å². The maximum Gasteiger partial charge on any atom is 0.416 e. The average molecular weight is 327 g/mol. The van der Waals surface area contributed by atoms with E-state index in [2.05, 4.69) is 0 Å². The Bertz CT molecular complexity index is 642. The SMILES string of the molecule is Cc1c(C(F)(F)F)cccc1S(=O)(=O)NC(CO)C(=O)O. The highest BCUT2D eigenvalue weighted by Crippen LogP contribution is 2.34. The lowest BCUT2D eigenvalue weighted by molar-refractivity contribution is -0.140. The number of carbonyl (C=O) groups is 1. The molecule has 21 heavy (non-hydrogen) atoms. The summed E-state index contributed by atoms with van der Waals surface area (Å²) in [6.07, 6.45) is -4.74. The van der Waals surface area contributed by atoms with Crippen LogP contribution in [-0.2, 0) is 21.0 Å². The van der Waals surface area contributed by atoms with Crippen LogP contribution in [0.1, 0.15) is 11.1 Å². The Balaban J connectivity index is 3.30. The van der Waals surface area contributed by atoms with Crippen molar-refractivity contribution in [3.8, 4) is 0 Å². The van der Waals surface area contributed by atoms with Crippen LogP contribution >= 0.6 is 0 Å². The molecule has 0 fully saturated rings. The molecule has 3 N–H and O–H groups in total. The molecule has 0 heterocycles. The number of aliphatic hydroxyl groups is 1. The first kappa shape index (κ1) is 17.4. The first-order valence-electron chi connectivity index (χ1n) is 5.53. The number of sulfonamides is 1. The zero-order chi connectivity index (χ0) is 16.4. The summed E-state index contributed by atoms with van der Waals surface area (Å²) in [7, 11) is -4.52. The number of hydrogen-bond donors (Lipinski definition) is 3. The van der Waals surface area contributed by atoms with Gasteiger partial charge in [0.2, 0.25) is 10.0 Å². The van der Waals surface area contributed by atoms with Crippen molar-refractivity contribution in [1.29, 1.82) is 0 Å². The quantitative estimate of drug-likeness (QED) is 0.740. The van der Waals surface area contributed by atoms with Gasteiger partial charge in [-0.1, -0.05) is 6.07 Å². The summed E-state index contributed by atoms with van der Waals surface area (Å²) in [6.45, 7) is -0.0708. The van der Waals surface area contributed by atoms with Crippen molar-refractivity contribution in [2.75, 3.05) is 6.61 Å². The van der Waals surface area contributed by atoms with Gasteiger partial charge in [-0.3, -0.25) is 4.79 Å². The minimum atomic E-state index is -4.74. The first-order chi connectivity index (χ1) is 9.50. The molecular weight excluding hydrogens is 315 g/mol. The van der Waals surface area contributed by atoms with Gasteiger partial charge in [0.25, 0.3) is 0 Å². The third-order valence-electron chi connectivity index (χ3n) is 2.66. The minimum Gasteiger partial charge on any atom is -0.480 e. The number of halogens is 3. The molecule has 0 radical (unpaired) electrons. The smallest absolute Gasteiger partial charge is 0.416 e. The van der Waals surface area contributed by atoms with Crippen LogP contribution in [0.25, 0.3) is 0 Å². The lowest BCUT2D eigenvalue weighted by atomic mass is 10.1. The fraction of sp³-hybridized carbons (Fsp3) is 0.364. The van der Waals surface area contributed by atoms with Crippen LogP contribution in [0.15, 0.2) is 23.1 Å². The van der Waals surface area contributed by atoms with Crippen LogP contribution in [0, 0.1) is 6.92 Å². The number of aliphatic carboxylic acids is 1. The lowest BCUT2D eigenvalue weighted by Crippen LogP contribution is -2.43. The van der Waals surface area contributed by atoms with Gasteiger partial charge >= 0.3 is 12.1 Å². The molecule has 0 bridgehead atoms. The van der Waals surface area contributed by atoms with Crippen LogP contribution in [0.3, 0.4) is 0 Å². The number of benzene rings is 1. The van der Waals surface area contributed by atoms with Gasteiger partial charge in [-0.25, -0.2) is 8.42 Å². The molecule has 1 unspecified atom stereocenters. The standard InChI is InChI=1S/C11H12F3NO5S/c1-6-7(11(12,13)14)3-2-4-9(6)21(19,20)15-8(5-16)10(17)18/h2-4,8,15-16H,5H2,1H3,(H,17,18). The maximum atomic E-state index is 12.7. The second-order valence-electron chi connectivity index (χ2n) is 4.12.